The van der Waals surface area contributed by atoms with Crippen LogP contribution >= 0.6 is 11.3 Å². The molecule has 116 valence electrons. The predicted octanol–water partition coefficient (Wildman–Crippen LogP) is 2.46. The number of likely N-dealkylation sites (tertiary alicyclic amines) is 1. The van der Waals surface area contributed by atoms with Gasteiger partial charge in [-0.3, -0.25) is 9.59 Å². The molecule has 2 aromatic rings. The minimum Gasteiger partial charge on any atom is -0.334 e. The maximum absolute atomic E-state index is 12.6. The number of amides is 1. The van der Waals surface area contributed by atoms with Gasteiger partial charge in [0.25, 0.3) is 11.5 Å². The standard InChI is InChI=1S/C16H19N3O2S/c20-15-11-17-14(10-18-15)16(21)19-8-2-1-4-12(19)6-7-13-5-3-9-22-13/h3,5,9-12H,1-2,4,6-8H2,(H,18,20). The third-order valence-electron chi connectivity index (χ3n) is 4.08. The SMILES string of the molecule is O=C(c1c[nH]c(=O)cn1)N1CCCCC1CCc1cccs1. The monoisotopic (exact) mass is 317 g/mol. The summed E-state index contributed by atoms with van der Waals surface area (Å²) in [7, 11) is 0. The third kappa shape index (κ3) is 3.44. The number of nitrogens with zero attached hydrogens (tertiary/aromatic N) is 2. The van der Waals surface area contributed by atoms with E-state index in [1.165, 1.54) is 11.1 Å². The Morgan fingerprint density at radius 1 is 1.45 bits per heavy atom. The first-order chi connectivity index (χ1) is 10.7. The van der Waals surface area contributed by atoms with E-state index in [1.807, 2.05) is 4.90 Å². The molecule has 1 aliphatic rings. The van der Waals surface area contributed by atoms with Crippen molar-refractivity contribution >= 4 is 17.2 Å². The van der Waals surface area contributed by atoms with E-state index in [0.29, 0.717) is 5.69 Å². The van der Waals surface area contributed by atoms with E-state index in [-0.39, 0.29) is 17.5 Å². The van der Waals surface area contributed by atoms with Crippen LogP contribution in [-0.4, -0.2) is 33.4 Å². The molecule has 0 saturated carbocycles. The Bertz CT molecular complexity index is 660. The van der Waals surface area contributed by atoms with E-state index in [9.17, 15) is 9.59 Å². The maximum Gasteiger partial charge on any atom is 0.274 e. The molecule has 0 aromatic carbocycles. The molecule has 6 heteroatoms. The molecule has 1 N–H and O–H groups in total. The smallest absolute Gasteiger partial charge is 0.274 e. The average Bonchev–Trinajstić information content (AvgIpc) is 3.07. The number of hydrogen-bond donors (Lipinski definition) is 1. The number of aromatic amines is 1. The number of nitrogens with one attached hydrogen (secondary N) is 1. The highest BCUT2D eigenvalue weighted by molar-refractivity contribution is 7.09. The van der Waals surface area contributed by atoms with Crippen LogP contribution in [0.15, 0.2) is 34.7 Å². The second-order valence-electron chi connectivity index (χ2n) is 5.56. The zero-order chi connectivity index (χ0) is 15.4. The summed E-state index contributed by atoms with van der Waals surface area (Å²) >= 11 is 1.76. The summed E-state index contributed by atoms with van der Waals surface area (Å²) < 4.78 is 0. The Hall–Kier alpha value is -1.95. The molecule has 1 amide bonds. The summed E-state index contributed by atoms with van der Waals surface area (Å²) in [5.74, 6) is -0.0767. The lowest BCUT2D eigenvalue weighted by Gasteiger charge is -2.35. The van der Waals surface area contributed by atoms with Gasteiger partial charge in [-0.2, -0.15) is 0 Å². The van der Waals surface area contributed by atoms with Crippen LogP contribution in [0.2, 0.25) is 0 Å². The van der Waals surface area contributed by atoms with Crippen molar-refractivity contribution in [2.75, 3.05) is 6.54 Å². The molecule has 0 spiro atoms. The molecule has 0 bridgehead atoms. The molecule has 0 radical (unpaired) electrons. The van der Waals surface area contributed by atoms with Crippen LogP contribution in [-0.2, 0) is 6.42 Å². The quantitative estimate of drug-likeness (QED) is 0.942. The molecule has 2 aromatic heterocycles. The minimum atomic E-state index is -0.288. The van der Waals surface area contributed by atoms with Crippen LogP contribution in [0.3, 0.4) is 0 Å². The maximum atomic E-state index is 12.6. The third-order valence-corrected chi connectivity index (χ3v) is 5.02. The Morgan fingerprint density at radius 2 is 2.36 bits per heavy atom. The summed E-state index contributed by atoms with van der Waals surface area (Å²) in [5, 5.41) is 2.09. The highest BCUT2D eigenvalue weighted by Gasteiger charge is 2.28. The molecule has 1 fully saturated rings. The first-order valence-electron chi connectivity index (χ1n) is 7.62. The molecule has 3 rings (SSSR count). The molecule has 1 unspecified atom stereocenters. The lowest BCUT2D eigenvalue weighted by atomic mass is 9.97. The van der Waals surface area contributed by atoms with E-state index in [0.717, 1.165) is 44.8 Å². The van der Waals surface area contributed by atoms with Crippen molar-refractivity contribution in [3.8, 4) is 0 Å². The van der Waals surface area contributed by atoms with E-state index < -0.39 is 0 Å². The Morgan fingerprint density at radius 3 is 3.09 bits per heavy atom. The number of rotatable bonds is 4. The number of aryl methyl sites for hydroxylation is 1. The first-order valence-corrected chi connectivity index (χ1v) is 8.50. The normalized spacial score (nSPS) is 18.4. The summed E-state index contributed by atoms with van der Waals surface area (Å²) in [6.45, 7) is 0.773. The first kappa shape index (κ1) is 15.0. The van der Waals surface area contributed by atoms with Gasteiger partial charge in [0.15, 0.2) is 0 Å². The second kappa shape index (κ2) is 6.87. The highest BCUT2D eigenvalue weighted by atomic mass is 32.1. The van der Waals surface area contributed by atoms with E-state index in [2.05, 4.69) is 27.5 Å². The fraction of sp³-hybridized carbons (Fsp3) is 0.438. The molecule has 5 nitrogen and oxygen atoms in total. The summed E-state index contributed by atoms with van der Waals surface area (Å²) in [6, 6.07) is 4.47. The lowest BCUT2D eigenvalue weighted by molar-refractivity contribution is 0.0595. The number of piperidine rings is 1. The van der Waals surface area contributed by atoms with Crippen molar-refractivity contribution in [2.24, 2.45) is 0 Å². The molecule has 1 saturated heterocycles. The van der Waals surface area contributed by atoms with Crippen molar-refractivity contribution < 1.29 is 4.79 Å². The molecule has 22 heavy (non-hydrogen) atoms. The van der Waals surface area contributed by atoms with Gasteiger partial charge in [-0.15, -0.1) is 11.3 Å². The molecule has 3 heterocycles. The Balaban J connectivity index is 1.69. The van der Waals surface area contributed by atoms with Gasteiger partial charge in [0.05, 0.1) is 6.20 Å². The van der Waals surface area contributed by atoms with Crippen LogP contribution in [0.25, 0.3) is 0 Å². The number of H-pyrrole nitrogens is 1. The lowest BCUT2D eigenvalue weighted by Crippen LogP contribution is -2.44. The molecular formula is C16H19N3O2S. The summed E-state index contributed by atoms with van der Waals surface area (Å²) in [5.41, 5.74) is 0.0343. The van der Waals surface area contributed by atoms with Gasteiger partial charge in [-0.1, -0.05) is 6.07 Å². The predicted molar refractivity (Wildman–Crippen MR) is 86.2 cm³/mol. The summed E-state index contributed by atoms with van der Waals surface area (Å²) in [4.78, 5) is 33.5. The van der Waals surface area contributed by atoms with Crippen LogP contribution in [0.4, 0.5) is 0 Å². The van der Waals surface area contributed by atoms with Gasteiger partial charge < -0.3 is 9.88 Å². The fourth-order valence-electron chi connectivity index (χ4n) is 2.94. The van der Waals surface area contributed by atoms with Crippen LogP contribution in [0.1, 0.15) is 41.0 Å². The Labute approximate surface area is 133 Å². The van der Waals surface area contributed by atoms with Gasteiger partial charge in [0, 0.05) is 23.7 Å². The van der Waals surface area contributed by atoms with Crippen LogP contribution in [0.5, 0.6) is 0 Å². The van der Waals surface area contributed by atoms with Gasteiger partial charge in [0.1, 0.15) is 5.69 Å². The van der Waals surface area contributed by atoms with Crippen molar-refractivity contribution in [2.45, 2.75) is 38.1 Å². The zero-order valence-corrected chi connectivity index (χ0v) is 13.1. The molecule has 0 aliphatic carbocycles. The molecule has 1 atom stereocenters. The minimum absolute atomic E-state index is 0.0767. The van der Waals surface area contributed by atoms with Gasteiger partial charge in [-0.05, 0) is 43.6 Å². The topological polar surface area (TPSA) is 66.1 Å². The van der Waals surface area contributed by atoms with Gasteiger partial charge >= 0.3 is 0 Å². The average molecular weight is 317 g/mol. The van der Waals surface area contributed by atoms with Crippen molar-refractivity contribution in [1.82, 2.24) is 14.9 Å². The van der Waals surface area contributed by atoms with E-state index in [1.54, 1.807) is 11.3 Å². The zero-order valence-electron chi connectivity index (χ0n) is 12.3. The van der Waals surface area contributed by atoms with Crippen molar-refractivity contribution in [3.05, 3.63) is 50.8 Å². The van der Waals surface area contributed by atoms with Crippen LogP contribution < -0.4 is 5.56 Å². The Kier molecular flexibility index (Phi) is 4.68. The largest absolute Gasteiger partial charge is 0.334 e. The van der Waals surface area contributed by atoms with Crippen molar-refractivity contribution in [3.63, 3.8) is 0 Å². The van der Waals surface area contributed by atoms with Crippen LogP contribution in [0, 0.1) is 0 Å². The highest BCUT2D eigenvalue weighted by Crippen LogP contribution is 2.23. The van der Waals surface area contributed by atoms with Gasteiger partial charge in [-0.25, -0.2) is 4.98 Å². The van der Waals surface area contributed by atoms with E-state index >= 15 is 0 Å². The molecule has 1 aliphatic heterocycles. The number of carbonyl (C=O) groups is 1. The van der Waals surface area contributed by atoms with Crippen molar-refractivity contribution in [1.29, 1.82) is 0 Å². The van der Waals surface area contributed by atoms with E-state index in [4.69, 9.17) is 0 Å². The summed E-state index contributed by atoms with van der Waals surface area (Å²) in [6.07, 6.45) is 7.80. The number of thiophene rings is 1. The number of hydrogen-bond acceptors (Lipinski definition) is 4. The fourth-order valence-corrected chi connectivity index (χ4v) is 3.66. The van der Waals surface area contributed by atoms with Gasteiger partial charge in [0.2, 0.25) is 0 Å². The second-order valence-corrected chi connectivity index (χ2v) is 6.59. The number of aromatic nitrogens is 2. The molecular weight excluding hydrogens is 298 g/mol. The number of carbonyl (C=O) groups excluding carboxylic acids is 1.